The molecule has 0 aliphatic heterocycles. The molecule has 1 rings (SSSR count). The van der Waals surface area contributed by atoms with E-state index in [0.717, 1.165) is 6.07 Å². The van der Waals surface area contributed by atoms with E-state index in [9.17, 15) is 13.6 Å². The predicted molar refractivity (Wildman–Crippen MR) is 57.0 cm³/mol. The van der Waals surface area contributed by atoms with E-state index in [2.05, 4.69) is 0 Å². The number of rotatable bonds is 4. The van der Waals surface area contributed by atoms with Crippen LogP contribution in [0.15, 0.2) is 12.1 Å². The minimum absolute atomic E-state index is 0.0278. The minimum Gasteiger partial charge on any atom is -0.493 e. The fourth-order valence-corrected chi connectivity index (χ4v) is 1.37. The Morgan fingerprint density at radius 3 is 2.56 bits per heavy atom. The number of ketones is 1. The molecule has 0 heterocycles. The molecule has 5 heteroatoms. The van der Waals surface area contributed by atoms with Crippen molar-refractivity contribution in [2.45, 2.75) is 20.3 Å². The van der Waals surface area contributed by atoms with Gasteiger partial charge in [0.05, 0.1) is 12.2 Å². The van der Waals surface area contributed by atoms with Gasteiger partial charge >= 0.3 is 0 Å². The maximum absolute atomic E-state index is 12.7. The highest BCUT2D eigenvalue weighted by atomic mass is 19.3. The predicted octanol–water partition coefficient (Wildman–Crippen LogP) is 2.81. The number of nitrogen functional groups attached to an aromatic ring is 1. The SMILES string of the molecule is CCOc1cc(N)c(C(C)=O)cc1C(F)F. The lowest BCUT2D eigenvalue weighted by Crippen LogP contribution is -2.05. The van der Waals surface area contributed by atoms with E-state index >= 15 is 0 Å². The van der Waals surface area contributed by atoms with Gasteiger partial charge in [0.2, 0.25) is 0 Å². The lowest BCUT2D eigenvalue weighted by Gasteiger charge is -2.12. The van der Waals surface area contributed by atoms with Gasteiger partial charge in [0.15, 0.2) is 5.78 Å². The van der Waals surface area contributed by atoms with Gasteiger partial charge in [0.1, 0.15) is 5.75 Å². The number of carbonyl (C=O) groups is 1. The second kappa shape index (κ2) is 4.92. The third-order valence-corrected chi connectivity index (χ3v) is 2.10. The first-order chi connectivity index (χ1) is 7.47. The van der Waals surface area contributed by atoms with Crippen molar-refractivity contribution >= 4 is 11.5 Å². The van der Waals surface area contributed by atoms with E-state index in [1.165, 1.54) is 13.0 Å². The smallest absolute Gasteiger partial charge is 0.267 e. The molecule has 0 aliphatic rings. The summed E-state index contributed by atoms with van der Waals surface area (Å²) >= 11 is 0. The number of halogens is 2. The lowest BCUT2D eigenvalue weighted by atomic mass is 10.0. The molecule has 0 amide bonds. The normalized spacial score (nSPS) is 10.6. The zero-order chi connectivity index (χ0) is 12.3. The Bertz CT molecular complexity index is 405. The van der Waals surface area contributed by atoms with Gasteiger partial charge in [-0.15, -0.1) is 0 Å². The summed E-state index contributed by atoms with van der Waals surface area (Å²) in [4.78, 5) is 11.1. The van der Waals surface area contributed by atoms with E-state index in [1.807, 2.05) is 0 Å². The van der Waals surface area contributed by atoms with Crippen LogP contribution in [0.2, 0.25) is 0 Å². The summed E-state index contributed by atoms with van der Waals surface area (Å²) in [6.07, 6.45) is -2.69. The maximum atomic E-state index is 12.7. The number of alkyl halides is 2. The van der Waals surface area contributed by atoms with Crippen molar-refractivity contribution in [3.8, 4) is 5.75 Å². The monoisotopic (exact) mass is 229 g/mol. The first-order valence-electron chi connectivity index (χ1n) is 4.82. The highest BCUT2D eigenvalue weighted by Gasteiger charge is 2.18. The number of hydrogen-bond acceptors (Lipinski definition) is 3. The molecule has 0 unspecified atom stereocenters. The van der Waals surface area contributed by atoms with Crippen LogP contribution in [0.4, 0.5) is 14.5 Å². The summed E-state index contributed by atoms with van der Waals surface area (Å²) in [6, 6.07) is 2.36. The van der Waals surface area contributed by atoms with Crippen LogP contribution in [-0.2, 0) is 0 Å². The van der Waals surface area contributed by atoms with Gasteiger partial charge in [-0.2, -0.15) is 0 Å². The molecule has 0 aliphatic carbocycles. The summed E-state index contributed by atoms with van der Waals surface area (Å²) in [7, 11) is 0. The molecule has 0 atom stereocenters. The number of anilines is 1. The molecule has 0 fully saturated rings. The van der Waals surface area contributed by atoms with Crippen LogP contribution in [0, 0.1) is 0 Å². The fourth-order valence-electron chi connectivity index (χ4n) is 1.37. The molecule has 0 saturated carbocycles. The van der Waals surface area contributed by atoms with Crippen molar-refractivity contribution in [3.63, 3.8) is 0 Å². The standard InChI is InChI=1S/C11H13F2NO2/c1-3-16-10-5-9(14)7(6(2)15)4-8(10)11(12)13/h4-5,11H,3,14H2,1-2H3. The van der Waals surface area contributed by atoms with Crippen LogP contribution in [0.25, 0.3) is 0 Å². The molecule has 88 valence electrons. The summed E-state index contributed by atoms with van der Waals surface area (Å²) in [5.74, 6) is -0.317. The van der Waals surface area contributed by atoms with Gasteiger partial charge < -0.3 is 10.5 Å². The van der Waals surface area contributed by atoms with Gasteiger partial charge in [-0.3, -0.25) is 4.79 Å². The number of Topliss-reactive ketones (excluding diaryl/α,β-unsaturated/α-hetero) is 1. The topological polar surface area (TPSA) is 52.3 Å². The number of benzene rings is 1. The van der Waals surface area contributed by atoms with Crippen LogP contribution >= 0.6 is 0 Å². The number of carbonyl (C=O) groups excluding carboxylic acids is 1. The highest BCUT2D eigenvalue weighted by molar-refractivity contribution is 5.99. The van der Waals surface area contributed by atoms with Crippen LogP contribution in [0.1, 0.15) is 36.2 Å². The average molecular weight is 229 g/mol. The quantitative estimate of drug-likeness (QED) is 0.638. The number of hydrogen-bond donors (Lipinski definition) is 1. The van der Waals surface area contributed by atoms with Crippen LogP contribution < -0.4 is 10.5 Å². The van der Waals surface area contributed by atoms with E-state index in [1.54, 1.807) is 6.92 Å². The van der Waals surface area contributed by atoms with Crippen LogP contribution in [0.5, 0.6) is 5.75 Å². The Hall–Kier alpha value is -1.65. The van der Waals surface area contributed by atoms with Gasteiger partial charge in [0.25, 0.3) is 6.43 Å². The highest BCUT2D eigenvalue weighted by Crippen LogP contribution is 2.33. The summed E-state index contributed by atoms with van der Waals surface area (Å²) in [6.45, 7) is 3.23. The molecular weight excluding hydrogens is 216 g/mol. The molecule has 0 spiro atoms. The van der Waals surface area contributed by atoms with Crippen molar-refractivity contribution in [1.82, 2.24) is 0 Å². The molecule has 16 heavy (non-hydrogen) atoms. The second-order valence-electron chi connectivity index (χ2n) is 3.27. The minimum atomic E-state index is -2.69. The maximum Gasteiger partial charge on any atom is 0.267 e. The van der Waals surface area contributed by atoms with Gasteiger partial charge in [-0.25, -0.2) is 8.78 Å². The van der Waals surface area contributed by atoms with Crippen LogP contribution in [-0.4, -0.2) is 12.4 Å². The van der Waals surface area contributed by atoms with E-state index in [0.29, 0.717) is 0 Å². The third-order valence-electron chi connectivity index (χ3n) is 2.10. The van der Waals surface area contributed by atoms with E-state index in [4.69, 9.17) is 10.5 Å². The second-order valence-corrected chi connectivity index (χ2v) is 3.27. The zero-order valence-electron chi connectivity index (χ0n) is 9.09. The molecule has 0 radical (unpaired) electrons. The van der Waals surface area contributed by atoms with Crippen molar-refractivity contribution in [2.75, 3.05) is 12.3 Å². The first kappa shape index (κ1) is 12.4. The van der Waals surface area contributed by atoms with Crippen molar-refractivity contribution in [1.29, 1.82) is 0 Å². The van der Waals surface area contributed by atoms with E-state index < -0.39 is 6.43 Å². The Morgan fingerprint density at radius 1 is 1.50 bits per heavy atom. The van der Waals surface area contributed by atoms with Crippen molar-refractivity contribution in [3.05, 3.63) is 23.3 Å². The Balaban J connectivity index is 3.31. The Kier molecular flexibility index (Phi) is 3.82. The molecule has 0 bridgehead atoms. The third kappa shape index (κ3) is 2.48. The van der Waals surface area contributed by atoms with Crippen molar-refractivity contribution in [2.24, 2.45) is 0 Å². The van der Waals surface area contributed by atoms with Crippen LogP contribution in [0.3, 0.4) is 0 Å². The number of ether oxygens (including phenoxy) is 1. The zero-order valence-corrected chi connectivity index (χ0v) is 9.09. The molecule has 0 saturated heterocycles. The molecule has 0 aromatic heterocycles. The Morgan fingerprint density at radius 2 is 2.12 bits per heavy atom. The van der Waals surface area contributed by atoms with Gasteiger partial charge in [0, 0.05) is 17.3 Å². The van der Waals surface area contributed by atoms with Gasteiger partial charge in [-0.1, -0.05) is 0 Å². The average Bonchev–Trinajstić information content (AvgIpc) is 2.17. The van der Waals surface area contributed by atoms with Gasteiger partial charge in [-0.05, 0) is 19.9 Å². The summed E-state index contributed by atoms with van der Waals surface area (Å²) in [5, 5.41) is 0. The first-order valence-corrected chi connectivity index (χ1v) is 4.82. The summed E-state index contributed by atoms with van der Waals surface area (Å²) < 4.78 is 30.4. The molecule has 2 N–H and O–H groups in total. The molecule has 3 nitrogen and oxygen atoms in total. The largest absolute Gasteiger partial charge is 0.493 e. The molecular formula is C11H13F2NO2. The van der Waals surface area contributed by atoms with Crippen molar-refractivity contribution < 1.29 is 18.3 Å². The molecule has 1 aromatic rings. The molecule has 1 aromatic carbocycles. The lowest BCUT2D eigenvalue weighted by molar-refractivity contribution is 0.101. The van der Waals surface area contributed by atoms with E-state index in [-0.39, 0.29) is 35.0 Å². The Labute approximate surface area is 92.2 Å². The summed E-state index contributed by atoms with van der Waals surface area (Å²) in [5.41, 5.74) is 5.52. The number of nitrogens with two attached hydrogens (primary N) is 1. The fraction of sp³-hybridized carbons (Fsp3) is 0.364.